The molecule has 4 aromatic rings. The van der Waals surface area contributed by atoms with Crippen molar-refractivity contribution in [3.8, 4) is 5.75 Å². The number of benzene rings is 4. The smallest absolute Gasteiger partial charge is 0.490 e. The van der Waals surface area contributed by atoms with E-state index in [-0.39, 0.29) is 57.3 Å². The first-order chi connectivity index (χ1) is 20.0. The molecule has 0 aromatic heterocycles. The van der Waals surface area contributed by atoms with Crippen molar-refractivity contribution in [3.63, 3.8) is 0 Å². The van der Waals surface area contributed by atoms with Crippen LogP contribution in [0.5, 0.6) is 5.75 Å². The fraction of sp³-hybridized carbons (Fsp3) is 0.333. The Labute approximate surface area is 247 Å². The van der Waals surface area contributed by atoms with Gasteiger partial charge < -0.3 is 27.9 Å². The van der Waals surface area contributed by atoms with Gasteiger partial charge in [-0.05, 0) is 12.1 Å². The Bertz CT molecular complexity index is 1930. The van der Waals surface area contributed by atoms with Gasteiger partial charge in [0.25, 0.3) is 30.4 Å². The van der Waals surface area contributed by atoms with Crippen LogP contribution in [0, 0.1) is 0 Å². The third-order valence-electron chi connectivity index (χ3n) is 6.81. The molecule has 0 heterocycles. The first kappa shape index (κ1) is 33.4. The molecule has 15 nitrogen and oxygen atoms in total. The number of aliphatic hydroxyl groups is 1. The lowest BCUT2D eigenvalue weighted by Gasteiger charge is -2.24. The lowest BCUT2D eigenvalue weighted by molar-refractivity contribution is 0.0117. The predicted molar refractivity (Wildman–Crippen MR) is 153 cm³/mol. The predicted octanol–water partition coefficient (Wildman–Crippen LogP) is 1.96. The molecule has 0 saturated heterocycles. The van der Waals surface area contributed by atoms with Crippen molar-refractivity contribution < 1.29 is 66.8 Å². The van der Waals surface area contributed by atoms with Crippen molar-refractivity contribution >= 4 is 71.5 Å². The van der Waals surface area contributed by atoms with Crippen LogP contribution in [0.15, 0.2) is 51.1 Å². The highest BCUT2D eigenvalue weighted by atomic mass is 32.2. The number of aliphatic hydroxyl groups excluding tert-OH is 1. The van der Waals surface area contributed by atoms with Crippen LogP contribution in [0.4, 0.5) is 0 Å². The first-order valence-electron chi connectivity index (χ1n) is 12.2. The number of hydrogen-bond donors (Lipinski definition) is 4. The van der Waals surface area contributed by atoms with Crippen molar-refractivity contribution in [2.24, 2.45) is 0 Å². The van der Waals surface area contributed by atoms with Crippen LogP contribution in [0.2, 0.25) is 6.04 Å². The first-order valence-corrected chi connectivity index (χ1v) is 18.5. The van der Waals surface area contributed by atoms with Gasteiger partial charge in [-0.2, -0.15) is 25.3 Å². The van der Waals surface area contributed by atoms with Crippen molar-refractivity contribution in [1.82, 2.24) is 0 Å². The summed E-state index contributed by atoms with van der Waals surface area (Å²) in [5.74, 6) is -0.177. The average Bonchev–Trinajstić information content (AvgIpc) is 2.93. The molecular weight excluding hydrogens is 653 g/mol. The second-order valence-corrected chi connectivity index (χ2v) is 16.6. The quantitative estimate of drug-likeness (QED) is 0.0646. The summed E-state index contributed by atoms with van der Waals surface area (Å²) in [6, 6.07) is 6.74. The van der Waals surface area contributed by atoms with E-state index in [0.29, 0.717) is 6.07 Å². The topological polar surface area (TPSA) is 229 Å². The maximum atomic E-state index is 12.4. The molecule has 0 spiro atoms. The van der Waals surface area contributed by atoms with E-state index in [0.717, 1.165) is 12.1 Å². The zero-order valence-electron chi connectivity index (χ0n) is 22.9. The van der Waals surface area contributed by atoms with Crippen LogP contribution in [-0.4, -0.2) is 100 Å². The summed E-state index contributed by atoms with van der Waals surface area (Å²) >= 11 is 0. The fourth-order valence-electron chi connectivity index (χ4n) is 4.83. The van der Waals surface area contributed by atoms with Gasteiger partial charge in [0, 0.05) is 65.8 Å². The summed E-state index contributed by atoms with van der Waals surface area (Å²) in [5, 5.41) is 9.85. The standard InChI is InChI=1S/C24H28O15S3Si/c1-35-43(36-2,37-3)9-8-38-12-14(25)13-39-19-10-20(40(26,27)28)16-6-7-18-22(42(32,33)34)11-21(41(29,30)31)17-5-4-15(19)23(16)24(17)18/h4-7,10-11,14,25H,8-9,12-13H2,1-3H3,(H,26,27,28)(H,29,30,31)(H,32,33,34). The maximum absolute atomic E-state index is 12.4. The lowest BCUT2D eigenvalue weighted by atomic mass is 9.93. The molecule has 236 valence electrons. The third kappa shape index (κ3) is 6.62. The van der Waals surface area contributed by atoms with Crippen LogP contribution < -0.4 is 4.74 Å². The molecule has 0 bridgehead atoms. The van der Waals surface area contributed by atoms with Crippen LogP contribution in [-0.2, 0) is 48.4 Å². The van der Waals surface area contributed by atoms with Crippen molar-refractivity contribution in [1.29, 1.82) is 0 Å². The molecule has 43 heavy (non-hydrogen) atoms. The Hall–Kier alpha value is -2.53. The second-order valence-electron chi connectivity index (χ2n) is 9.33. The summed E-state index contributed by atoms with van der Waals surface area (Å²) in [5.41, 5.74) is 0. The van der Waals surface area contributed by atoms with E-state index in [1.807, 2.05) is 0 Å². The Morgan fingerprint density at radius 2 is 1.09 bits per heavy atom. The normalized spacial score (nSPS) is 14.2. The SMILES string of the molecule is CO[Si](CCOCC(O)COc1cc(S(=O)(=O)O)c2ccc3c(S(=O)(=O)O)cc(S(=O)(=O)O)c4ccc1c2c43)(OC)OC. The maximum Gasteiger partial charge on any atom is 0.502 e. The van der Waals surface area contributed by atoms with E-state index in [9.17, 15) is 44.0 Å². The van der Waals surface area contributed by atoms with Crippen molar-refractivity contribution in [3.05, 3.63) is 36.4 Å². The Morgan fingerprint density at radius 3 is 1.53 bits per heavy atom. The summed E-state index contributed by atoms with van der Waals surface area (Å²) < 4.78 is 130. The molecule has 0 amide bonds. The summed E-state index contributed by atoms with van der Waals surface area (Å²) in [7, 11) is -13.6. The highest BCUT2D eigenvalue weighted by Gasteiger charge is 2.37. The van der Waals surface area contributed by atoms with E-state index in [4.69, 9.17) is 22.8 Å². The van der Waals surface area contributed by atoms with E-state index in [1.165, 1.54) is 39.5 Å². The summed E-state index contributed by atoms with van der Waals surface area (Å²) in [4.78, 5) is -2.39. The summed E-state index contributed by atoms with van der Waals surface area (Å²) in [6.45, 7) is -0.534. The molecule has 1 atom stereocenters. The van der Waals surface area contributed by atoms with Crippen LogP contribution >= 0.6 is 0 Å². The van der Waals surface area contributed by atoms with Crippen LogP contribution in [0.25, 0.3) is 32.3 Å². The molecule has 19 heteroatoms. The second kappa shape index (κ2) is 12.1. The molecule has 0 aliphatic heterocycles. The molecule has 0 aliphatic rings. The minimum atomic E-state index is -5.05. The third-order valence-corrected chi connectivity index (χ3v) is 12.2. The molecule has 0 fully saturated rings. The van der Waals surface area contributed by atoms with E-state index in [2.05, 4.69) is 0 Å². The highest BCUT2D eigenvalue weighted by Crippen LogP contribution is 2.45. The Morgan fingerprint density at radius 1 is 0.674 bits per heavy atom. The molecule has 4 N–H and O–H groups in total. The van der Waals surface area contributed by atoms with Crippen LogP contribution in [0.3, 0.4) is 0 Å². The van der Waals surface area contributed by atoms with Crippen LogP contribution in [0.1, 0.15) is 0 Å². The average molecular weight is 681 g/mol. The molecule has 1 unspecified atom stereocenters. The number of hydrogen-bond acceptors (Lipinski definition) is 12. The van der Waals surface area contributed by atoms with E-state index < -0.39 is 66.6 Å². The lowest BCUT2D eigenvalue weighted by Crippen LogP contribution is -2.43. The van der Waals surface area contributed by atoms with Gasteiger partial charge in [0.1, 0.15) is 33.1 Å². The number of rotatable bonds is 14. The molecular formula is C24H28O15S3Si. The van der Waals surface area contributed by atoms with Gasteiger partial charge in [-0.25, -0.2) is 0 Å². The molecule has 0 radical (unpaired) electrons. The van der Waals surface area contributed by atoms with Gasteiger partial charge in [-0.15, -0.1) is 0 Å². The minimum absolute atomic E-state index is 0.0544. The Kier molecular flexibility index (Phi) is 9.39. The van der Waals surface area contributed by atoms with Gasteiger partial charge in [-0.3, -0.25) is 13.7 Å². The molecule has 4 rings (SSSR count). The van der Waals surface area contributed by atoms with Gasteiger partial charge in [0.05, 0.1) is 13.2 Å². The highest BCUT2D eigenvalue weighted by molar-refractivity contribution is 7.87. The Balaban J connectivity index is 1.80. The minimum Gasteiger partial charge on any atom is -0.490 e. The number of ether oxygens (including phenoxy) is 2. The van der Waals surface area contributed by atoms with Gasteiger partial charge in [0.2, 0.25) is 0 Å². The summed E-state index contributed by atoms with van der Waals surface area (Å²) in [6.07, 6.45) is -1.23. The molecule has 4 aromatic carbocycles. The monoisotopic (exact) mass is 680 g/mol. The van der Waals surface area contributed by atoms with Gasteiger partial charge in [0.15, 0.2) is 0 Å². The van der Waals surface area contributed by atoms with E-state index in [1.54, 1.807) is 0 Å². The van der Waals surface area contributed by atoms with E-state index >= 15 is 0 Å². The zero-order valence-corrected chi connectivity index (χ0v) is 26.3. The zero-order chi connectivity index (χ0) is 32.0. The fourth-order valence-corrected chi connectivity index (χ4v) is 8.55. The molecule has 0 saturated carbocycles. The van der Waals surface area contributed by atoms with Gasteiger partial charge in [-0.1, -0.05) is 18.2 Å². The largest absolute Gasteiger partial charge is 0.502 e. The molecule has 0 aliphatic carbocycles. The van der Waals surface area contributed by atoms with Crippen molar-refractivity contribution in [2.45, 2.75) is 26.8 Å². The van der Waals surface area contributed by atoms with Gasteiger partial charge >= 0.3 is 8.80 Å². The van der Waals surface area contributed by atoms with Crippen molar-refractivity contribution in [2.75, 3.05) is 41.2 Å².